The van der Waals surface area contributed by atoms with Crippen LogP contribution in [0.5, 0.6) is 11.5 Å². The van der Waals surface area contributed by atoms with Crippen LogP contribution in [0.2, 0.25) is 0 Å². The van der Waals surface area contributed by atoms with Crippen molar-refractivity contribution >= 4 is 40.1 Å². The summed E-state index contributed by atoms with van der Waals surface area (Å²) in [4.78, 5) is 39.8. The van der Waals surface area contributed by atoms with E-state index >= 15 is 0 Å². The molecule has 3 heterocycles. The molecule has 0 aliphatic rings. The van der Waals surface area contributed by atoms with Gasteiger partial charge in [0, 0.05) is 32.7 Å². The number of anilines is 4. The molecule has 10 heteroatoms. The van der Waals surface area contributed by atoms with E-state index in [1.54, 1.807) is 49.8 Å². The third-order valence-corrected chi connectivity index (χ3v) is 4.93. The normalized spacial score (nSPS) is 10.6. The lowest BCUT2D eigenvalue weighted by atomic mass is 10.2. The van der Waals surface area contributed by atoms with E-state index in [4.69, 9.17) is 4.74 Å². The SMILES string of the molecule is C=CC(=O)Nc1ccccc1Oc1cc2cnc(Nc3ccc(N(C)C)nc3)nc2n(C)c1=O. The minimum Gasteiger partial charge on any atom is -0.449 e. The summed E-state index contributed by atoms with van der Waals surface area (Å²) in [5.41, 5.74) is 1.17. The van der Waals surface area contributed by atoms with Gasteiger partial charge in [-0.2, -0.15) is 4.98 Å². The van der Waals surface area contributed by atoms with Crippen LogP contribution in [0.1, 0.15) is 0 Å². The van der Waals surface area contributed by atoms with Gasteiger partial charge in [-0.15, -0.1) is 0 Å². The van der Waals surface area contributed by atoms with Gasteiger partial charge in [-0.3, -0.25) is 14.2 Å². The number of fused-ring (bicyclic) bond motifs is 1. The molecule has 172 valence electrons. The number of carbonyl (C=O) groups is 1. The Balaban J connectivity index is 1.64. The van der Waals surface area contributed by atoms with Gasteiger partial charge in [0.2, 0.25) is 11.9 Å². The summed E-state index contributed by atoms with van der Waals surface area (Å²) in [6.45, 7) is 3.44. The summed E-state index contributed by atoms with van der Waals surface area (Å²) in [6, 6.07) is 12.1. The molecule has 2 N–H and O–H groups in total. The van der Waals surface area contributed by atoms with Crippen LogP contribution in [-0.2, 0) is 11.8 Å². The van der Waals surface area contributed by atoms with Gasteiger partial charge >= 0.3 is 0 Å². The smallest absolute Gasteiger partial charge is 0.294 e. The maximum Gasteiger partial charge on any atom is 0.294 e. The van der Waals surface area contributed by atoms with Gasteiger partial charge in [0.1, 0.15) is 11.5 Å². The monoisotopic (exact) mass is 457 g/mol. The lowest BCUT2D eigenvalue weighted by molar-refractivity contribution is -0.111. The fourth-order valence-corrected chi connectivity index (χ4v) is 3.17. The summed E-state index contributed by atoms with van der Waals surface area (Å²) in [5.74, 6) is 1.16. The molecule has 0 aliphatic carbocycles. The molecule has 1 aromatic carbocycles. The van der Waals surface area contributed by atoms with E-state index in [0.29, 0.717) is 34.1 Å². The lowest BCUT2D eigenvalue weighted by Gasteiger charge is -2.13. The second-order valence-corrected chi connectivity index (χ2v) is 7.56. The molecule has 3 aromatic heterocycles. The van der Waals surface area contributed by atoms with Crippen molar-refractivity contribution in [3.63, 3.8) is 0 Å². The molecule has 0 atom stereocenters. The summed E-state index contributed by atoms with van der Waals surface area (Å²) in [7, 11) is 5.43. The van der Waals surface area contributed by atoms with E-state index < -0.39 is 0 Å². The van der Waals surface area contributed by atoms with Crippen LogP contribution in [0.3, 0.4) is 0 Å². The van der Waals surface area contributed by atoms with Gasteiger partial charge in [-0.1, -0.05) is 18.7 Å². The van der Waals surface area contributed by atoms with E-state index in [-0.39, 0.29) is 17.2 Å². The number of aromatic nitrogens is 4. The first-order chi connectivity index (χ1) is 16.4. The number of rotatable bonds is 7. The topological polar surface area (TPSA) is 114 Å². The van der Waals surface area contributed by atoms with E-state index in [2.05, 4.69) is 32.2 Å². The van der Waals surface area contributed by atoms with Crippen molar-refractivity contribution in [2.45, 2.75) is 0 Å². The Kier molecular flexibility index (Phi) is 6.22. The predicted molar refractivity (Wildman–Crippen MR) is 132 cm³/mol. The highest BCUT2D eigenvalue weighted by atomic mass is 16.5. The highest BCUT2D eigenvalue weighted by molar-refractivity contribution is 5.99. The molecule has 4 rings (SSSR count). The first-order valence-corrected chi connectivity index (χ1v) is 10.3. The zero-order valence-corrected chi connectivity index (χ0v) is 18.9. The second kappa shape index (κ2) is 9.41. The first kappa shape index (κ1) is 22.5. The Bertz CT molecular complexity index is 1430. The largest absolute Gasteiger partial charge is 0.449 e. The minimum absolute atomic E-state index is 0.0723. The van der Waals surface area contributed by atoms with E-state index in [1.165, 1.54) is 4.57 Å². The van der Waals surface area contributed by atoms with E-state index in [9.17, 15) is 9.59 Å². The quantitative estimate of drug-likeness (QED) is 0.406. The van der Waals surface area contributed by atoms with Crippen LogP contribution in [0.4, 0.5) is 23.1 Å². The third-order valence-electron chi connectivity index (χ3n) is 4.93. The predicted octanol–water partition coefficient (Wildman–Crippen LogP) is 3.45. The summed E-state index contributed by atoms with van der Waals surface area (Å²) in [6.07, 6.45) is 4.44. The van der Waals surface area contributed by atoms with Crippen LogP contribution in [0, 0.1) is 0 Å². The van der Waals surface area contributed by atoms with Crippen molar-refractivity contribution in [1.82, 2.24) is 19.5 Å². The Morgan fingerprint density at radius 2 is 1.91 bits per heavy atom. The molecule has 0 unspecified atom stereocenters. The van der Waals surface area contributed by atoms with Crippen molar-refractivity contribution in [2.24, 2.45) is 7.05 Å². The van der Waals surface area contributed by atoms with E-state index in [0.717, 1.165) is 11.9 Å². The second-order valence-electron chi connectivity index (χ2n) is 7.56. The number of para-hydroxylation sites is 2. The summed E-state index contributed by atoms with van der Waals surface area (Å²) >= 11 is 0. The van der Waals surface area contributed by atoms with Crippen LogP contribution in [0.25, 0.3) is 11.0 Å². The van der Waals surface area contributed by atoms with Crippen LogP contribution in [-0.4, -0.2) is 39.5 Å². The fourth-order valence-electron chi connectivity index (χ4n) is 3.17. The van der Waals surface area contributed by atoms with Crippen molar-refractivity contribution in [1.29, 1.82) is 0 Å². The molecule has 4 aromatic rings. The Morgan fingerprint density at radius 1 is 1.12 bits per heavy atom. The number of pyridine rings is 2. The molecule has 0 radical (unpaired) electrons. The average molecular weight is 457 g/mol. The maximum absolute atomic E-state index is 13.0. The molecule has 0 bridgehead atoms. The zero-order valence-electron chi connectivity index (χ0n) is 18.9. The number of aryl methyl sites for hydroxylation is 1. The molecular weight excluding hydrogens is 434 g/mol. The zero-order chi connectivity index (χ0) is 24.2. The molecule has 0 saturated heterocycles. The Hall–Kier alpha value is -4.73. The molecule has 0 spiro atoms. The van der Waals surface area contributed by atoms with Gasteiger partial charge in [-0.05, 0) is 36.4 Å². The molecule has 34 heavy (non-hydrogen) atoms. The number of nitrogens with zero attached hydrogens (tertiary/aromatic N) is 5. The van der Waals surface area contributed by atoms with Crippen molar-refractivity contribution < 1.29 is 9.53 Å². The third kappa shape index (κ3) is 4.70. The number of hydrogen-bond acceptors (Lipinski definition) is 8. The van der Waals surface area contributed by atoms with Crippen LogP contribution in [0.15, 0.2) is 72.3 Å². The van der Waals surface area contributed by atoms with Crippen molar-refractivity contribution in [3.05, 3.63) is 77.9 Å². The lowest BCUT2D eigenvalue weighted by Crippen LogP contribution is -2.20. The highest BCUT2D eigenvalue weighted by Crippen LogP contribution is 2.29. The maximum atomic E-state index is 13.0. The average Bonchev–Trinajstić information content (AvgIpc) is 2.84. The first-order valence-electron chi connectivity index (χ1n) is 10.3. The number of amides is 1. The van der Waals surface area contributed by atoms with E-state index in [1.807, 2.05) is 31.1 Å². The van der Waals surface area contributed by atoms with Gasteiger partial charge in [0.15, 0.2) is 11.5 Å². The van der Waals surface area contributed by atoms with Gasteiger partial charge < -0.3 is 20.3 Å². The highest BCUT2D eigenvalue weighted by Gasteiger charge is 2.14. The number of hydrogen-bond donors (Lipinski definition) is 2. The Labute approximate surface area is 195 Å². The molecular formula is C24H23N7O3. The molecule has 1 amide bonds. The minimum atomic E-state index is -0.390. The van der Waals surface area contributed by atoms with Crippen molar-refractivity contribution in [3.8, 4) is 11.5 Å². The van der Waals surface area contributed by atoms with Crippen LogP contribution >= 0.6 is 0 Å². The number of ether oxygens (including phenoxy) is 1. The Morgan fingerprint density at radius 3 is 2.62 bits per heavy atom. The van der Waals surface area contributed by atoms with Crippen LogP contribution < -0.4 is 25.8 Å². The van der Waals surface area contributed by atoms with Crippen molar-refractivity contribution in [2.75, 3.05) is 29.6 Å². The number of benzene rings is 1. The van der Waals surface area contributed by atoms with Gasteiger partial charge in [0.05, 0.1) is 17.6 Å². The summed E-state index contributed by atoms with van der Waals surface area (Å²) < 4.78 is 7.25. The standard InChI is InChI=1S/C24H23N7O3/c1-5-21(32)28-17-8-6-7-9-18(17)34-19-12-15-13-26-24(29-22(15)31(4)23(19)33)27-16-10-11-20(25-14-16)30(2)3/h5-14H,1H2,2-4H3,(H,28,32)(H,26,27,29). The summed E-state index contributed by atoms with van der Waals surface area (Å²) in [5, 5.41) is 6.36. The molecule has 0 saturated carbocycles. The molecule has 0 fully saturated rings. The number of nitrogens with one attached hydrogen (secondary N) is 2. The molecule has 10 nitrogen and oxygen atoms in total. The molecule has 0 aliphatic heterocycles. The van der Waals surface area contributed by atoms with Gasteiger partial charge in [-0.25, -0.2) is 9.97 Å². The fraction of sp³-hybridized carbons (Fsp3) is 0.125. The van der Waals surface area contributed by atoms with Gasteiger partial charge in [0.25, 0.3) is 5.56 Å². The number of carbonyl (C=O) groups excluding carboxylic acids is 1.